The van der Waals surface area contributed by atoms with Gasteiger partial charge < -0.3 is 19.5 Å². The number of hydrogen-bond acceptors (Lipinski definition) is 5. The number of carbonyl (C=O) groups is 2. The normalized spacial score (nSPS) is 22.6. The maximum Gasteiger partial charge on any atom is 0.295 e. The largest absolute Gasteiger partial charge is 0.507 e. The van der Waals surface area contributed by atoms with Crippen molar-refractivity contribution in [3.05, 3.63) is 69.8 Å². The van der Waals surface area contributed by atoms with Crippen LogP contribution in [-0.2, 0) is 14.3 Å². The third kappa shape index (κ3) is 3.79. The number of carbonyl (C=O) groups excluding carboxylic acids is 2. The molecule has 0 radical (unpaired) electrons. The van der Waals surface area contributed by atoms with E-state index >= 15 is 0 Å². The molecule has 2 fully saturated rings. The zero-order valence-corrected chi connectivity index (χ0v) is 19.0. The Morgan fingerprint density at radius 2 is 1.91 bits per heavy atom. The Balaban J connectivity index is 1.92. The molecule has 2 aromatic rings. The molecule has 0 aliphatic carbocycles. The Morgan fingerprint density at radius 3 is 2.56 bits per heavy atom. The SMILES string of the molecule is COc1c(C)cc(C)cc1/C(O)=C1\C(=O)C(=O)N(CC2CCCO2)C1c1ccccc1C. The van der Waals surface area contributed by atoms with Crippen LogP contribution in [0.2, 0.25) is 0 Å². The molecule has 2 heterocycles. The first kappa shape index (κ1) is 22.1. The van der Waals surface area contributed by atoms with Crippen LogP contribution in [0.3, 0.4) is 0 Å². The van der Waals surface area contributed by atoms with E-state index in [9.17, 15) is 14.7 Å². The Hall–Kier alpha value is -3.12. The van der Waals surface area contributed by atoms with Gasteiger partial charge in [0.2, 0.25) is 0 Å². The van der Waals surface area contributed by atoms with Crippen LogP contribution in [-0.4, -0.2) is 48.1 Å². The maximum atomic E-state index is 13.3. The summed E-state index contributed by atoms with van der Waals surface area (Å²) in [4.78, 5) is 28.0. The fourth-order valence-corrected chi connectivity index (χ4v) is 4.84. The number of Topliss-reactive ketones (excluding diaryl/α,β-unsaturated/α-hetero) is 1. The lowest BCUT2D eigenvalue weighted by Crippen LogP contribution is -2.36. The second kappa shape index (κ2) is 8.79. The lowest BCUT2D eigenvalue weighted by Gasteiger charge is -2.28. The standard InChI is InChI=1S/C26H29NO5/c1-15-12-17(3)25(31-4)20(13-15)23(28)21-22(19-10-6-5-8-16(19)2)27(26(30)24(21)29)14-18-9-7-11-32-18/h5-6,8,10,12-13,18,22,28H,7,9,11,14H2,1-4H3/b23-21+. The predicted octanol–water partition coefficient (Wildman–Crippen LogP) is 4.22. The number of aliphatic hydroxyl groups excluding tert-OH is 1. The minimum atomic E-state index is -0.689. The monoisotopic (exact) mass is 435 g/mol. The van der Waals surface area contributed by atoms with E-state index in [2.05, 4.69) is 0 Å². The van der Waals surface area contributed by atoms with Crippen LogP contribution in [0.5, 0.6) is 5.75 Å². The molecule has 168 valence electrons. The summed E-state index contributed by atoms with van der Waals surface area (Å²) in [7, 11) is 1.53. The van der Waals surface area contributed by atoms with Gasteiger partial charge in [-0.3, -0.25) is 9.59 Å². The predicted molar refractivity (Wildman–Crippen MR) is 122 cm³/mol. The van der Waals surface area contributed by atoms with E-state index in [1.165, 1.54) is 7.11 Å². The van der Waals surface area contributed by atoms with Gasteiger partial charge in [-0.15, -0.1) is 0 Å². The fraction of sp³-hybridized carbons (Fsp3) is 0.385. The number of ketones is 1. The van der Waals surface area contributed by atoms with Crippen molar-refractivity contribution in [3.8, 4) is 5.75 Å². The topological polar surface area (TPSA) is 76.1 Å². The van der Waals surface area contributed by atoms with E-state index in [1.54, 1.807) is 11.0 Å². The van der Waals surface area contributed by atoms with Crippen molar-refractivity contribution < 1.29 is 24.2 Å². The Kier molecular flexibility index (Phi) is 6.07. The molecule has 0 saturated carbocycles. The lowest BCUT2D eigenvalue weighted by molar-refractivity contribution is -0.140. The number of amides is 1. The highest BCUT2D eigenvalue weighted by atomic mass is 16.5. The zero-order chi connectivity index (χ0) is 23.0. The molecule has 4 rings (SSSR count). The van der Waals surface area contributed by atoms with Crippen LogP contribution in [0, 0.1) is 20.8 Å². The number of rotatable bonds is 5. The Morgan fingerprint density at radius 1 is 1.16 bits per heavy atom. The molecule has 2 aliphatic rings. The number of aryl methyl sites for hydroxylation is 3. The molecule has 0 bridgehead atoms. The summed E-state index contributed by atoms with van der Waals surface area (Å²) < 4.78 is 11.3. The summed E-state index contributed by atoms with van der Waals surface area (Å²) in [5, 5.41) is 11.4. The zero-order valence-electron chi connectivity index (χ0n) is 19.0. The van der Waals surface area contributed by atoms with Crippen molar-refractivity contribution in [2.75, 3.05) is 20.3 Å². The number of methoxy groups -OCH3 is 1. The summed E-state index contributed by atoms with van der Waals surface area (Å²) in [5.74, 6) is -1.02. The number of aliphatic hydroxyl groups is 1. The number of ether oxygens (including phenoxy) is 2. The van der Waals surface area contributed by atoms with Gasteiger partial charge in [0.15, 0.2) is 0 Å². The summed E-state index contributed by atoms with van der Waals surface area (Å²) in [6, 6.07) is 10.7. The molecule has 6 heteroatoms. The van der Waals surface area contributed by atoms with Crippen molar-refractivity contribution in [1.29, 1.82) is 0 Å². The van der Waals surface area contributed by atoms with E-state index in [1.807, 2.05) is 51.1 Å². The highest BCUT2D eigenvalue weighted by Crippen LogP contribution is 2.43. The van der Waals surface area contributed by atoms with Gasteiger partial charge in [0.1, 0.15) is 11.5 Å². The van der Waals surface area contributed by atoms with E-state index < -0.39 is 17.7 Å². The molecule has 2 saturated heterocycles. The van der Waals surface area contributed by atoms with Crippen LogP contribution in [0.15, 0.2) is 42.0 Å². The van der Waals surface area contributed by atoms with Crippen LogP contribution in [0.25, 0.3) is 5.76 Å². The van der Waals surface area contributed by atoms with Crippen LogP contribution >= 0.6 is 0 Å². The first-order valence-electron chi connectivity index (χ1n) is 10.9. The molecule has 2 aliphatic heterocycles. The molecule has 0 aromatic heterocycles. The minimum absolute atomic E-state index is 0.0885. The summed E-state index contributed by atoms with van der Waals surface area (Å²) >= 11 is 0. The molecule has 2 atom stereocenters. The number of likely N-dealkylation sites (tertiary alicyclic amines) is 1. The maximum absolute atomic E-state index is 13.3. The molecular weight excluding hydrogens is 406 g/mol. The average Bonchev–Trinajstić information content (AvgIpc) is 3.36. The average molecular weight is 436 g/mol. The van der Waals surface area contributed by atoms with E-state index in [0.29, 0.717) is 24.5 Å². The van der Waals surface area contributed by atoms with E-state index in [0.717, 1.165) is 35.1 Å². The first-order chi connectivity index (χ1) is 15.3. The summed E-state index contributed by atoms with van der Waals surface area (Å²) in [5.41, 5.74) is 4.02. The number of hydrogen-bond donors (Lipinski definition) is 1. The highest BCUT2D eigenvalue weighted by Gasteiger charge is 2.47. The van der Waals surface area contributed by atoms with E-state index in [4.69, 9.17) is 9.47 Å². The van der Waals surface area contributed by atoms with Gasteiger partial charge >= 0.3 is 0 Å². The van der Waals surface area contributed by atoms with Gasteiger partial charge in [-0.25, -0.2) is 0 Å². The minimum Gasteiger partial charge on any atom is -0.507 e. The molecule has 6 nitrogen and oxygen atoms in total. The van der Waals surface area contributed by atoms with Gasteiger partial charge in [0, 0.05) is 13.2 Å². The van der Waals surface area contributed by atoms with Gasteiger partial charge in [-0.2, -0.15) is 0 Å². The smallest absolute Gasteiger partial charge is 0.295 e. The van der Waals surface area contributed by atoms with Crippen molar-refractivity contribution in [2.45, 2.75) is 45.8 Å². The van der Waals surface area contributed by atoms with Crippen LogP contribution in [0.4, 0.5) is 0 Å². The van der Waals surface area contributed by atoms with E-state index in [-0.39, 0.29) is 17.4 Å². The third-order valence-electron chi connectivity index (χ3n) is 6.33. The molecule has 1 N–H and O–H groups in total. The molecule has 1 amide bonds. The van der Waals surface area contributed by atoms with Crippen LogP contribution < -0.4 is 4.74 Å². The van der Waals surface area contributed by atoms with Crippen molar-refractivity contribution in [3.63, 3.8) is 0 Å². The van der Waals surface area contributed by atoms with Crippen molar-refractivity contribution >= 4 is 17.4 Å². The second-order valence-corrected chi connectivity index (χ2v) is 8.61. The quantitative estimate of drug-likeness (QED) is 0.432. The van der Waals surface area contributed by atoms with Gasteiger partial charge in [0.25, 0.3) is 11.7 Å². The highest BCUT2D eigenvalue weighted by molar-refractivity contribution is 6.46. The molecule has 2 aromatic carbocycles. The fourth-order valence-electron chi connectivity index (χ4n) is 4.84. The summed E-state index contributed by atoms with van der Waals surface area (Å²) in [6.07, 6.45) is 1.66. The van der Waals surface area contributed by atoms with Crippen molar-refractivity contribution in [2.24, 2.45) is 0 Å². The molecule has 2 unspecified atom stereocenters. The first-order valence-corrected chi connectivity index (χ1v) is 10.9. The Bertz CT molecular complexity index is 1100. The van der Waals surface area contributed by atoms with Gasteiger partial charge in [-0.05, 0) is 61.9 Å². The van der Waals surface area contributed by atoms with Gasteiger partial charge in [-0.1, -0.05) is 30.3 Å². The molecule has 0 spiro atoms. The number of nitrogens with zero attached hydrogens (tertiary/aromatic N) is 1. The second-order valence-electron chi connectivity index (χ2n) is 8.61. The summed E-state index contributed by atoms with van der Waals surface area (Å²) in [6.45, 7) is 6.71. The molecule has 32 heavy (non-hydrogen) atoms. The third-order valence-corrected chi connectivity index (χ3v) is 6.33. The number of benzene rings is 2. The Labute approximate surface area is 188 Å². The van der Waals surface area contributed by atoms with Crippen LogP contribution in [0.1, 0.15) is 46.7 Å². The van der Waals surface area contributed by atoms with Gasteiger partial charge in [0.05, 0.1) is 30.4 Å². The van der Waals surface area contributed by atoms with Crippen molar-refractivity contribution in [1.82, 2.24) is 4.90 Å². The lowest BCUT2D eigenvalue weighted by atomic mass is 9.91. The molecular formula is C26H29NO5.